The second-order valence-corrected chi connectivity index (χ2v) is 7.31. The molecule has 1 aliphatic rings. The van der Waals surface area contributed by atoms with Crippen LogP contribution in [0.1, 0.15) is 18.1 Å². The lowest BCUT2D eigenvalue weighted by molar-refractivity contribution is -0.130. The predicted octanol–water partition coefficient (Wildman–Crippen LogP) is 3.87. The van der Waals surface area contributed by atoms with Crippen LogP contribution in [0.2, 0.25) is 0 Å². The summed E-state index contributed by atoms with van der Waals surface area (Å²) < 4.78 is 0. The first-order valence-corrected chi connectivity index (χ1v) is 9.53. The highest BCUT2D eigenvalue weighted by Gasteiger charge is 2.18. The Bertz CT molecular complexity index is 974. The van der Waals surface area contributed by atoms with Gasteiger partial charge in [0.2, 0.25) is 5.91 Å². The van der Waals surface area contributed by atoms with Crippen LogP contribution in [0.5, 0.6) is 0 Å². The summed E-state index contributed by atoms with van der Waals surface area (Å²) >= 11 is 0. The lowest BCUT2D eigenvalue weighted by atomic mass is 9.97. The zero-order valence-electron chi connectivity index (χ0n) is 16.0. The highest BCUT2D eigenvalue weighted by molar-refractivity contribution is 5.95. The Morgan fingerprint density at radius 3 is 2.52 bits per heavy atom. The van der Waals surface area contributed by atoms with E-state index in [0.29, 0.717) is 0 Å². The average molecular weight is 359 g/mol. The van der Waals surface area contributed by atoms with Crippen LogP contribution in [-0.4, -0.2) is 46.9 Å². The Kier molecular flexibility index (Phi) is 4.90. The van der Waals surface area contributed by atoms with E-state index >= 15 is 0 Å². The third kappa shape index (κ3) is 3.71. The van der Waals surface area contributed by atoms with Gasteiger partial charge in [-0.3, -0.25) is 14.7 Å². The van der Waals surface area contributed by atoms with E-state index in [4.69, 9.17) is 0 Å². The summed E-state index contributed by atoms with van der Waals surface area (Å²) in [5, 5.41) is 1.19. The van der Waals surface area contributed by atoms with Gasteiger partial charge in [-0.05, 0) is 41.3 Å². The van der Waals surface area contributed by atoms with E-state index in [0.717, 1.165) is 38.2 Å². The maximum absolute atomic E-state index is 11.5. The Labute approximate surface area is 160 Å². The number of pyridine rings is 1. The number of aryl methyl sites for hydroxylation is 1. The number of aromatic nitrogens is 1. The number of nitrogens with zero attached hydrogens (tertiary/aromatic N) is 3. The van der Waals surface area contributed by atoms with Crippen LogP contribution < -0.4 is 0 Å². The number of rotatable bonds is 3. The minimum Gasteiger partial charge on any atom is -0.340 e. The summed E-state index contributed by atoms with van der Waals surface area (Å²) in [4.78, 5) is 20.4. The third-order valence-corrected chi connectivity index (χ3v) is 5.47. The Hall–Kier alpha value is -2.72. The molecule has 1 saturated heterocycles. The lowest BCUT2D eigenvalue weighted by Crippen LogP contribution is -2.47. The molecule has 2 heterocycles. The van der Waals surface area contributed by atoms with Crippen LogP contribution in [0.4, 0.5) is 0 Å². The number of benzene rings is 2. The zero-order valence-corrected chi connectivity index (χ0v) is 16.0. The van der Waals surface area contributed by atoms with Crippen LogP contribution in [0, 0.1) is 6.92 Å². The van der Waals surface area contributed by atoms with Crippen molar-refractivity contribution in [3.8, 4) is 11.1 Å². The molecule has 3 aromatic rings. The molecule has 27 heavy (non-hydrogen) atoms. The highest BCUT2D eigenvalue weighted by atomic mass is 16.2. The maximum Gasteiger partial charge on any atom is 0.219 e. The standard InChI is InChI=1S/C23H25N3O/c1-17-5-3-4-6-20(17)21-9-10-24-23-15-19(7-8-22(21)23)16-25-11-13-26(14-12-25)18(2)27/h3-10,15H,11-14,16H2,1-2H3. The molecule has 0 N–H and O–H groups in total. The summed E-state index contributed by atoms with van der Waals surface area (Å²) in [5.41, 5.74) is 6.08. The van der Waals surface area contributed by atoms with Gasteiger partial charge in [-0.25, -0.2) is 0 Å². The quantitative estimate of drug-likeness (QED) is 0.712. The normalized spacial score (nSPS) is 15.3. The number of piperazine rings is 1. The van der Waals surface area contributed by atoms with Gasteiger partial charge in [0.15, 0.2) is 0 Å². The summed E-state index contributed by atoms with van der Waals surface area (Å²) in [5.74, 6) is 0.174. The van der Waals surface area contributed by atoms with Crippen molar-refractivity contribution in [2.75, 3.05) is 26.2 Å². The summed E-state index contributed by atoms with van der Waals surface area (Å²) in [7, 11) is 0. The molecular weight excluding hydrogens is 334 g/mol. The van der Waals surface area contributed by atoms with Crippen molar-refractivity contribution < 1.29 is 4.79 Å². The Morgan fingerprint density at radius 1 is 1.00 bits per heavy atom. The molecular formula is C23H25N3O. The molecule has 4 nitrogen and oxygen atoms in total. The molecule has 1 aliphatic heterocycles. The maximum atomic E-state index is 11.5. The fourth-order valence-electron chi connectivity index (χ4n) is 3.88. The van der Waals surface area contributed by atoms with Crippen molar-refractivity contribution in [1.29, 1.82) is 0 Å². The fourth-order valence-corrected chi connectivity index (χ4v) is 3.88. The van der Waals surface area contributed by atoms with Crippen molar-refractivity contribution in [3.05, 3.63) is 65.9 Å². The van der Waals surface area contributed by atoms with Gasteiger partial charge >= 0.3 is 0 Å². The molecule has 0 aliphatic carbocycles. The molecule has 1 fully saturated rings. The van der Waals surface area contributed by atoms with E-state index in [1.54, 1.807) is 6.92 Å². The van der Waals surface area contributed by atoms with Gasteiger partial charge in [0.05, 0.1) is 5.52 Å². The van der Waals surface area contributed by atoms with Gasteiger partial charge in [0.25, 0.3) is 0 Å². The van der Waals surface area contributed by atoms with E-state index in [1.807, 2.05) is 11.1 Å². The second-order valence-electron chi connectivity index (χ2n) is 7.31. The molecule has 0 radical (unpaired) electrons. The SMILES string of the molecule is CC(=O)N1CCN(Cc2ccc3c(-c4ccccc4C)ccnc3c2)CC1. The van der Waals surface area contributed by atoms with Crippen molar-refractivity contribution in [1.82, 2.24) is 14.8 Å². The predicted molar refractivity (Wildman–Crippen MR) is 109 cm³/mol. The number of fused-ring (bicyclic) bond motifs is 1. The fraction of sp³-hybridized carbons (Fsp3) is 0.304. The topological polar surface area (TPSA) is 36.4 Å². The average Bonchev–Trinajstić information content (AvgIpc) is 2.68. The number of carbonyl (C=O) groups excluding carboxylic acids is 1. The van der Waals surface area contributed by atoms with E-state index in [1.165, 1.54) is 27.6 Å². The van der Waals surface area contributed by atoms with Gasteiger partial charge in [0.1, 0.15) is 0 Å². The molecule has 0 atom stereocenters. The second kappa shape index (κ2) is 7.49. The third-order valence-electron chi connectivity index (χ3n) is 5.47. The number of hydrogen-bond acceptors (Lipinski definition) is 3. The smallest absolute Gasteiger partial charge is 0.219 e. The molecule has 0 saturated carbocycles. The van der Waals surface area contributed by atoms with Crippen LogP contribution in [-0.2, 0) is 11.3 Å². The van der Waals surface area contributed by atoms with Gasteiger partial charge in [-0.15, -0.1) is 0 Å². The van der Waals surface area contributed by atoms with Crippen molar-refractivity contribution in [2.24, 2.45) is 0 Å². The first kappa shape index (κ1) is 17.7. The minimum absolute atomic E-state index is 0.174. The molecule has 0 bridgehead atoms. The monoisotopic (exact) mass is 359 g/mol. The van der Waals surface area contributed by atoms with Gasteiger partial charge < -0.3 is 4.90 Å². The number of amides is 1. The van der Waals surface area contributed by atoms with Crippen molar-refractivity contribution in [3.63, 3.8) is 0 Å². The molecule has 4 rings (SSSR count). The van der Waals surface area contributed by atoms with E-state index < -0.39 is 0 Å². The highest BCUT2D eigenvalue weighted by Crippen LogP contribution is 2.30. The van der Waals surface area contributed by atoms with Crippen LogP contribution in [0.25, 0.3) is 22.0 Å². The molecule has 1 aromatic heterocycles. The number of hydrogen-bond donors (Lipinski definition) is 0. The van der Waals surface area contributed by atoms with Crippen LogP contribution >= 0.6 is 0 Å². The largest absolute Gasteiger partial charge is 0.340 e. The van der Waals surface area contributed by atoms with Gasteiger partial charge in [-0.1, -0.05) is 36.4 Å². The molecule has 4 heteroatoms. The van der Waals surface area contributed by atoms with Crippen molar-refractivity contribution >= 4 is 16.8 Å². The summed E-state index contributed by atoms with van der Waals surface area (Å²) in [6, 6.07) is 17.2. The lowest BCUT2D eigenvalue weighted by Gasteiger charge is -2.34. The van der Waals surface area contributed by atoms with Crippen LogP contribution in [0.3, 0.4) is 0 Å². The van der Waals surface area contributed by atoms with Crippen LogP contribution in [0.15, 0.2) is 54.7 Å². The van der Waals surface area contributed by atoms with E-state index in [-0.39, 0.29) is 5.91 Å². The Balaban J connectivity index is 1.57. The zero-order chi connectivity index (χ0) is 18.8. The Morgan fingerprint density at radius 2 is 1.78 bits per heavy atom. The van der Waals surface area contributed by atoms with Gasteiger partial charge in [0, 0.05) is 51.2 Å². The van der Waals surface area contributed by atoms with E-state index in [9.17, 15) is 4.79 Å². The van der Waals surface area contributed by atoms with Crippen molar-refractivity contribution in [2.45, 2.75) is 20.4 Å². The number of carbonyl (C=O) groups is 1. The summed E-state index contributed by atoms with van der Waals surface area (Å²) in [6.07, 6.45) is 1.90. The summed E-state index contributed by atoms with van der Waals surface area (Å²) in [6.45, 7) is 8.19. The first-order valence-electron chi connectivity index (χ1n) is 9.53. The minimum atomic E-state index is 0.174. The molecule has 2 aromatic carbocycles. The van der Waals surface area contributed by atoms with E-state index in [2.05, 4.69) is 65.3 Å². The molecule has 138 valence electrons. The first-order chi connectivity index (χ1) is 13.1. The molecule has 1 amide bonds. The van der Waals surface area contributed by atoms with Gasteiger partial charge in [-0.2, -0.15) is 0 Å². The molecule has 0 unspecified atom stereocenters. The molecule has 0 spiro atoms.